The van der Waals surface area contributed by atoms with Gasteiger partial charge in [0.1, 0.15) is 0 Å². The van der Waals surface area contributed by atoms with Gasteiger partial charge in [-0.2, -0.15) is 0 Å². The number of rotatable bonds is 5. The Morgan fingerprint density at radius 2 is 1.86 bits per heavy atom. The third-order valence-corrected chi connectivity index (χ3v) is 2.25. The third-order valence-electron chi connectivity index (χ3n) is 1.76. The molecule has 0 fully saturated rings. The van der Waals surface area contributed by atoms with Crippen molar-refractivity contribution < 1.29 is 9.47 Å². The predicted molar refractivity (Wildman–Crippen MR) is 60.1 cm³/mol. The molecule has 0 amide bonds. The summed E-state index contributed by atoms with van der Waals surface area (Å²) in [5.74, 6) is 0. The summed E-state index contributed by atoms with van der Waals surface area (Å²) in [5.41, 5.74) is 1.04. The predicted octanol–water partition coefficient (Wildman–Crippen LogP) is 3.52. The zero-order chi connectivity index (χ0) is 10.4. The Labute approximate surface area is 93.4 Å². The molecular weight excluding hydrogens is 244 g/mol. The van der Waals surface area contributed by atoms with Crippen molar-refractivity contribution in [3.8, 4) is 0 Å². The summed E-state index contributed by atoms with van der Waals surface area (Å²) in [7, 11) is 0. The van der Waals surface area contributed by atoms with Gasteiger partial charge in [0.2, 0.25) is 0 Å². The zero-order valence-corrected chi connectivity index (χ0v) is 10.1. The van der Waals surface area contributed by atoms with Crippen molar-refractivity contribution in [2.75, 3.05) is 13.2 Å². The van der Waals surface area contributed by atoms with Crippen LogP contribution in [0.4, 0.5) is 0 Å². The number of halogens is 1. The van der Waals surface area contributed by atoms with Gasteiger partial charge in [-0.15, -0.1) is 0 Å². The van der Waals surface area contributed by atoms with Crippen molar-refractivity contribution in [1.82, 2.24) is 0 Å². The minimum absolute atomic E-state index is 0.248. The van der Waals surface area contributed by atoms with E-state index in [0.717, 1.165) is 10.0 Å². The fraction of sp³-hybridized carbons (Fsp3) is 0.455. The highest BCUT2D eigenvalue weighted by molar-refractivity contribution is 9.10. The smallest absolute Gasteiger partial charge is 0.183 e. The second-order valence-electron chi connectivity index (χ2n) is 2.80. The molecule has 0 heterocycles. The molecule has 3 heteroatoms. The Balaban J connectivity index is 2.75. The SMILES string of the molecule is CCOC(OCC)c1cccc(Br)c1. The lowest BCUT2D eigenvalue weighted by Gasteiger charge is -2.17. The molecule has 1 rings (SSSR count). The zero-order valence-electron chi connectivity index (χ0n) is 8.50. The Morgan fingerprint density at radius 1 is 1.21 bits per heavy atom. The van der Waals surface area contributed by atoms with Crippen LogP contribution >= 0.6 is 15.9 Å². The van der Waals surface area contributed by atoms with Crippen LogP contribution in [0.1, 0.15) is 25.7 Å². The van der Waals surface area contributed by atoms with E-state index in [0.29, 0.717) is 13.2 Å². The van der Waals surface area contributed by atoms with Crippen LogP contribution in [0.5, 0.6) is 0 Å². The summed E-state index contributed by atoms with van der Waals surface area (Å²) in [6.45, 7) is 5.22. The molecule has 1 aromatic carbocycles. The van der Waals surface area contributed by atoms with E-state index < -0.39 is 0 Å². The Kier molecular flexibility index (Phi) is 5.15. The van der Waals surface area contributed by atoms with Gasteiger partial charge < -0.3 is 9.47 Å². The summed E-state index contributed by atoms with van der Waals surface area (Å²) < 4.78 is 12.0. The largest absolute Gasteiger partial charge is 0.349 e. The van der Waals surface area contributed by atoms with Crippen molar-refractivity contribution >= 4 is 15.9 Å². The summed E-state index contributed by atoms with van der Waals surface area (Å²) >= 11 is 3.42. The molecule has 0 aliphatic heterocycles. The van der Waals surface area contributed by atoms with Crippen LogP contribution in [-0.4, -0.2) is 13.2 Å². The quantitative estimate of drug-likeness (QED) is 0.753. The van der Waals surface area contributed by atoms with E-state index >= 15 is 0 Å². The van der Waals surface area contributed by atoms with Crippen molar-refractivity contribution in [3.05, 3.63) is 34.3 Å². The molecule has 0 saturated carbocycles. The fourth-order valence-corrected chi connectivity index (χ4v) is 1.61. The molecular formula is C11H15BrO2. The van der Waals surface area contributed by atoms with Gasteiger partial charge in [-0.1, -0.05) is 28.1 Å². The Hall–Kier alpha value is -0.380. The third kappa shape index (κ3) is 3.40. The number of hydrogen-bond donors (Lipinski definition) is 0. The fourth-order valence-electron chi connectivity index (χ4n) is 1.20. The van der Waals surface area contributed by atoms with Crippen molar-refractivity contribution in [3.63, 3.8) is 0 Å². The molecule has 0 aliphatic carbocycles. The number of ether oxygens (including phenoxy) is 2. The molecule has 0 aliphatic rings. The molecule has 0 unspecified atom stereocenters. The first-order chi connectivity index (χ1) is 6.77. The second kappa shape index (κ2) is 6.17. The minimum atomic E-state index is -0.248. The van der Waals surface area contributed by atoms with E-state index in [-0.39, 0.29) is 6.29 Å². The first-order valence-corrected chi connectivity index (χ1v) is 5.55. The van der Waals surface area contributed by atoms with Crippen LogP contribution in [-0.2, 0) is 9.47 Å². The molecule has 0 aromatic heterocycles. The van der Waals surface area contributed by atoms with Gasteiger partial charge in [0, 0.05) is 23.2 Å². The topological polar surface area (TPSA) is 18.5 Å². The molecule has 2 nitrogen and oxygen atoms in total. The van der Waals surface area contributed by atoms with Crippen molar-refractivity contribution in [2.45, 2.75) is 20.1 Å². The van der Waals surface area contributed by atoms with Gasteiger partial charge in [0.05, 0.1) is 0 Å². The van der Waals surface area contributed by atoms with Crippen LogP contribution in [0.15, 0.2) is 28.7 Å². The highest BCUT2D eigenvalue weighted by atomic mass is 79.9. The maximum Gasteiger partial charge on any atom is 0.183 e. The lowest BCUT2D eigenvalue weighted by Crippen LogP contribution is -2.08. The lowest BCUT2D eigenvalue weighted by molar-refractivity contribution is -0.140. The van der Waals surface area contributed by atoms with E-state index in [2.05, 4.69) is 15.9 Å². The first kappa shape index (κ1) is 11.7. The maximum absolute atomic E-state index is 5.48. The van der Waals surface area contributed by atoms with Crippen LogP contribution in [0.25, 0.3) is 0 Å². The minimum Gasteiger partial charge on any atom is -0.349 e. The summed E-state index contributed by atoms with van der Waals surface area (Å²) in [5, 5.41) is 0. The van der Waals surface area contributed by atoms with Crippen LogP contribution in [0.2, 0.25) is 0 Å². The molecule has 0 atom stereocenters. The summed E-state index contributed by atoms with van der Waals surface area (Å²) in [4.78, 5) is 0. The highest BCUT2D eigenvalue weighted by Crippen LogP contribution is 2.22. The normalized spacial score (nSPS) is 10.9. The average molecular weight is 259 g/mol. The monoisotopic (exact) mass is 258 g/mol. The van der Waals surface area contributed by atoms with E-state index in [4.69, 9.17) is 9.47 Å². The number of hydrogen-bond acceptors (Lipinski definition) is 2. The molecule has 14 heavy (non-hydrogen) atoms. The second-order valence-corrected chi connectivity index (χ2v) is 3.71. The van der Waals surface area contributed by atoms with Crippen molar-refractivity contribution in [1.29, 1.82) is 0 Å². The van der Waals surface area contributed by atoms with Gasteiger partial charge in [0.15, 0.2) is 6.29 Å². The Morgan fingerprint density at radius 3 is 2.36 bits per heavy atom. The number of benzene rings is 1. The molecule has 0 N–H and O–H groups in total. The molecule has 1 aromatic rings. The Bertz CT molecular complexity index is 270. The van der Waals surface area contributed by atoms with Crippen LogP contribution < -0.4 is 0 Å². The highest BCUT2D eigenvalue weighted by Gasteiger charge is 2.10. The van der Waals surface area contributed by atoms with Gasteiger partial charge in [-0.05, 0) is 26.0 Å². The van der Waals surface area contributed by atoms with Gasteiger partial charge >= 0.3 is 0 Å². The van der Waals surface area contributed by atoms with E-state index in [9.17, 15) is 0 Å². The summed E-state index contributed by atoms with van der Waals surface area (Å²) in [6.07, 6.45) is -0.248. The molecule has 78 valence electrons. The van der Waals surface area contributed by atoms with E-state index in [1.807, 2.05) is 38.1 Å². The van der Waals surface area contributed by atoms with E-state index in [1.54, 1.807) is 0 Å². The first-order valence-electron chi connectivity index (χ1n) is 4.76. The van der Waals surface area contributed by atoms with Crippen LogP contribution in [0, 0.1) is 0 Å². The average Bonchev–Trinajstić information content (AvgIpc) is 2.17. The van der Waals surface area contributed by atoms with Gasteiger partial charge in [-0.25, -0.2) is 0 Å². The van der Waals surface area contributed by atoms with Gasteiger partial charge in [0.25, 0.3) is 0 Å². The lowest BCUT2D eigenvalue weighted by atomic mass is 10.2. The van der Waals surface area contributed by atoms with E-state index in [1.165, 1.54) is 0 Å². The van der Waals surface area contributed by atoms with Gasteiger partial charge in [-0.3, -0.25) is 0 Å². The van der Waals surface area contributed by atoms with Crippen LogP contribution in [0.3, 0.4) is 0 Å². The molecule has 0 radical (unpaired) electrons. The summed E-state index contributed by atoms with van der Waals surface area (Å²) in [6, 6.07) is 7.97. The molecule has 0 spiro atoms. The maximum atomic E-state index is 5.48. The molecule has 0 saturated heterocycles. The standard InChI is InChI=1S/C11H15BrO2/c1-3-13-11(14-4-2)9-6-5-7-10(12)8-9/h5-8,11H,3-4H2,1-2H3. The molecule has 0 bridgehead atoms. The van der Waals surface area contributed by atoms with Crippen molar-refractivity contribution in [2.24, 2.45) is 0 Å².